The second kappa shape index (κ2) is 8.94. The smallest absolute Gasteiger partial charge is 0.223 e. The Morgan fingerprint density at radius 2 is 1.84 bits per heavy atom. The lowest BCUT2D eigenvalue weighted by Crippen LogP contribution is -2.28. The Bertz CT molecular complexity index is 376. The van der Waals surface area contributed by atoms with Crippen molar-refractivity contribution in [3.8, 4) is 0 Å². The van der Waals surface area contributed by atoms with Gasteiger partial charge in [0.25, 0.3) is 0 Å². The van der Waals surface area contributed by atoms with E-state index in [1.54, 1.807) is 4.90 Å². The van der Waals surface area contributed by atoms with Gasteiger partial charge in [0.1, 0.15) is 0 Å². The van der Waals surface area contributed by atoms with Crippen molar-refractivity contribution in [2.45, 2.75) is 32.7 Å². The average Bonchev–Trinajstić information content (AvgIpc) is 2.36. The van der Waals surface area contributed by atoms with E-state index in [1.165, 1.54) is 11.1 Å². The number of nitrogens with one attached hydrogen (secondary N) is 1. The summed E-state index contributed by atoms with van der Waals surface area (Å²) in [7, 11) is 3.71. The van der Waals surface area contributed by atoms with E-state index < -0.39 is 0 Å². The first-order valence-electron chi connectivity index (χ1n) is 6.52. The first-order valence-corrected chi connectivity index (χ1v) is 6.52. The monoisotopic (exact) mass is 284 g/mol. The van der Waals surface area contributed by atoms with Crippen molar-refractivity contribution in [3.63, 3.8) is 0 Å². The molecular weight excluding hydrogens is 260 g/mol. The quantitative estimate of drug-likeness (QED) is 0.871. The summed E-state index contributed by atoms with van der Waals surface area (Å²) in [5, 5.41) is 2.99. The Balaban J connectivity index is 0.00000324. The summed E-state index contributed by atoms with van der Waals surface area (Å²) >= 11 is 0. The lowest BCUT2D eigenvalue weighted by atomic mass is 10.0. The molecule has 0 saturated heterocycles. The standard InChI is InChI=1S/C15H24N2O.ClH/c1-12(2)14-7-5-13(6-8-14)11-17(4)15(18)9-10-16-3;/h5-8,12,16H,9-11H2,1-4H3;1H. The Kier molecular flexibility index (Phi) is 8.44. The molecule has 0 radical (unpaired) electrons. The Labute approximate surface area is 122 Å². The highest BCUT2D eigenvalue weighted by molar-refractivity contribution is 5.85. The first kappa shape index (κ1) is 17.9. The molecule has 0 saturated carbocycles. The van der Waals surface area contributed by atoms with Crippen LogP contribution in [0.1, 0.15) is 37.3 Å². The molecule has 3 nitrogen and oxygen atoms in total. The number of hydrogen-bond acceptors (Lipinski definition) is 2. The molecule has 0 aliphatic heterocycles. The Morgan fingerprint density at radius 1 is 1.26 bits per heavy atom. The number of rotatable bonds is 6. The zero-order valence-corrected chi connectivity index (χ0v) is 13.1. The first-order chi connectivity index (χ1) is 8.54. The zero-order valence-electron chi connectivity index (χ0n) is 12.3. The summed E-state index contributed by atoms with van der Waals surface area (Å²) < 4.78 is 0. The van der Waals surface area contributed by atoms with Crippen LogP contribution in [0.15, 0.2) is 24.3 Å². The molecule has 0 atom stereocenters. The number of carbonyl (C=O) groups excluding carboxylic acids is 1. The normalized spacial score (nSPS) is 10.2. The fourth-order valence-corrected chi connectivity index (χ4v) is 1.79. The van der Waals surface area contributed by atoms with Gasteiger partial charge in [-0.3, -0.25) is 4.79 Å². The van der Waals surface area contributed by atoms with Crippen LogP contribution in [0.2, 0.25) is 0 Å². The van der Waals surface area contributed by atoms with Crippen LogP contribution in [0, 0.1) is 0 Å². The summed E-state index contributed by atoms with van der Waals surface area (Å²) in [5.41, 5.74) is 2.52. The zero-order chi connectivity index (χ0) is 13.5. The number of halogens is 1. The van der Waals surface area contributed by atoms with Crippen molar-refractivity contribution in [2.75, 3.05) is 20.6 Å². The third-order valence-corrected chi connectivity index (χ3v) is 3.08. The molecule has 0 bridgehead atoms. The van der Waals surface area contributed by atoms with E-state index in [1.807, 2.05) is 14.1 Å². The van der Waals surface area contributed by atoms with E-state index in [0.717, 1.165) is 6.54 Å². The predicted octanol–water partition coefficient (Wildman–Crippen LogP) is 2.80. The van der Waals surface area contributed by atoms with Crippen molar-refractivity contribution < 1.29 is 4.79 Å². The molecule has 0 aromatic heterocycles. The van der Waals surface area contributed by atoms with E-state index >= 15 is 0 Å². The molecule has 4 heteroatoms. The van der Waals surface area contributed by atoms with E-state index in [-0.39, 0.29) is 18.3 Å². The average molecular weight is 285 g/mol. The molecule has 1 rings (SSSR count). The van der Waals surface area contributed by atoms with E-state index in [2.05, 4.69) is 43.4 Å². The topological polar surface area (TPSA) is 32.3 Å². The number of nitrogens with zero attached hydrogens (tertiary/aromatic N) is 1. The molecule has 1 amide bonds. The minimum Gasteiger partial charge on any atom is -0.341 e. The molecule has 19 heavy (non-hydrogen) atoms. The van der Waals surface area contributed by atoms with Crippen LogP contribution in [0.5, 0.6) is 0 Å². The van der Waals surface area contributed by atoms with Gasteiger partial charge in [0.15, 0.2) is 0 Å². The SMILES string of the molecule is CNCCC(=O)N(C)Cc1ccc(C(C)C)cc1.Cl. The van der Waals surface area contributed by atoms with Crippen LogP contribution >= 0.6 is 12.4 Å². The highest BCUT2D eigenvalue weighted by atomic mass is 35.5. The molecule has 0 aliphatic rings. The summed E-state index contributed by atoms with van der Waals surface area (Å²) in [6.45, 7) is 5.78. The number of carbonyl (C=O) groups is 1. The number of amides is 1. The van der Waals surface area contributed by atoms with E-state index in [9.17, 15) is 4.79 Å². The second-order valence-electron chi connectivity index (χ2n) is 5.00. The van der Waals surface area contributed by atoms with Crippen molar-refractivity contribution >= 4 is 18.3 Å². The maximum absolute atomic E-state index is 11.8. The van der Waals surface area contributed by atoms with Crippen LogP contribution in [-0.4, -0.2) is 31.4 Å². The van der Waals surface area contributed by atoms with E-state index in [0.29, 0.717) is 18.9 Å². The summed E-state index contributed by atoms with van der Waals surface area (Å²) in [4.78, 5) is 13.5. The largest absolute Gasteiger partial charge is 0.341 e. The van der Waals surface area contributed by atoms with Crippen LogP contribution in [0.4, 0.5) is 0 Å². The maximum Gasteiger partial charge on any atom is 0.223 e. The second-order valence-corrected chi connectivity index (χ2v) is 5.00. The third kappa shape index (κ3) is 6.08. The van der Waals surface area contributed by atoms with Crippen LogP contribution < -0.4 is 5.32 Å². The van der Waals surface area contributed by atoms with Gasteiger partial charge in [-0.25, -0.2) is 0 Å². The van der Waals surface area contributed by atoms with Gasteiger partial charge in [-0.1, -0.05) is 38.1 Å². The molecule has 1 N–H and O–H groups in total. The fraction of sp³-hybridized carbons (Fsp3) is 0.533. The lowest BCUT2D eigenvalue weighted by molar-refractivity contribution is -0.130. The van der Waals surface area contributed by atoms with Crippen molar-refractivity contribution in [3.05, 3.63) is 35.4 Å². The molecule has 0 heterocycles. The van der Waals surface area contributed by atoms with Gasteiger partial charge in [0, 0.05) is 26.6 Å². The molecule has 108 valence electrons. The molecule has 1 aromatic carbocycles. The lowest BCUT2D eigenvalue weighted by Gasteiger charge is -2.17. The molecular formula is C15H25ClN2O. The third-order valence-electron chi connectivity index (χ3n) is 3.08. The van der Waals surface area contributed by atoms with Gasteiger partial charge < -0.3 is 10.2 Å². The van der Waals surface area contributed by atoms with E-state index in [4.69, 9.17) is 0 Å². The highest BCUT2D eigenvalue weighted by Gasteiger charge is 2.08. The molecule has 0 aliphatic carbocycles. The number of benzene rings is 1. The predicted molar refractivity (Wildman–Crippen MR) is 82.8 cm³/mol. The van der Waals surface area contributed by atoms with Gasteiger partial charge in [-0.15, -0.1) is 12.4 Å². The summed E-state index contributed by atoms with van der Waals surface area (Å²) in [6.07, 6.45) is 0.553. The highest BCUT2D eigenvalue weighted by Crippen LogP contribution is 2.15. The Morgan fingerprint density at radius 3 is 2.32 bits per heavy atom. The molecule has 1 aromatic rings. The minimum atomic E-state index is 0. The van der Waals surface area contributed by atoms with Gasteiger partial charge in [-0.2, -0.15) is 0 Å². The molecule has 0 fully saturated rings. The molecule has 0 spiro atoms. The van der Waals surface area contributed by atoms with Crippen LogP contribution in [0.25, 0.3) is 0 Å². The fourth-order valence-electron chi connectivity index (χ4n) is 1.79. The van der Waals surface area contributed by atoms with Gasteiger partial charge >= 0.3 is 0 Å². The van der Waals surface area contributed by atoms with Gasteiger partial charge in [0.2, 0.25) is 5.91 Å². The Hall–Kier alpha value is -1.06. The van der Waals surface area contributed by atoms with Crippen LogP contribution in [0.3, 0.4) is 0 Å². The van der Waals surface area contributed by atoms with Crippen molar-refractivity contribution in [1.82, 2.24) is 10.2 Å². The van der Waals surface area contributed by atoms with Crippen molar-refractivity contribution in [2.24, 2.45) is 0 Å². The van der Waals surface area contributed by atoms with Gasteiger partial charge in [-0.05, 0) is 24.1 Å². The van der Waals surface area contributed by atoms with Crippen LogP contribution in [-0.2, 0) is 11.3 Å². The maximum atomic E-state index is 11.8. The summed E-state index contributed by atoms with van der Waals surface area (Å²) in [6, 6.07) is 8.51. The molecule has 0 unspecified atom stereocenters. The minimum absolute atomic E-state index is 0. The van der Waals surface area contributed by atoms with Gasteiger partial charge in [0.05, 0.1) is 0 Å². The number of hydrogen-bond donors (Lipinski definition) is 1. The summed E-state index contributed by atoms with van der Waals surface area (Å²) in [5.74, 6) is 0.728. The van der Waals surface area contributed by atoms with Crippen molar-refractivity contribution in [1.29, 1.82) is 0 Å².